The van der Waals surface area contributed by atoms with E-state index in [1.54, 1.807) is 18.2 Å². The topological polar surface area (TPSA) is 90.5 Å². The van der Waals surface area contributed by atoms with Crippen molar-refractivity contribution in [2.75, 3.05) is 12.4 Å². The van der Waals surface area contributed by atoms with Crippen molar-refractivity contribution < 1.29 is 9.53 Å². The molecule has 0 spiro atoms. The molecule has 134 valence electrons. The number of hydrogen-bond donors (Lipinski definition) is 1. The van der Waals surface area contributed by atoms with Crippen molar-refractivity contribution in [3.05, 3.63) is 83.0 Å². The van der Waals surface area contributed by atoms with E-state index in [0.29, 0.717) is 22.9 Å². The number of fused-ring (bicyclic) bond motifs is 1. The minimum Gasteiger partial charge on any atom is -0.481 e. The standard InChI is InChI=1S/C19H15N5O3/c1-27-17-8-7-13(12-21-17)22-19(26)15-11-16-20-10-9-18(25)24(16)23(15)14-5-3-2-4-6-14/h2-12H,1H3,(H,22,26). The monoisotopic (exact) mass is 361 g/mol. The van der Waals surface area contributed by atoms with Crippen LogP contribution in [-0.4, -0.2) is 32.2 Å². The molecule has 3 aromatic heterocycles. The number of carbonyl (C=O) groups excluding carboxylic acids is 1. The number of nitrogens with zero attached hydrogens (tertiary/aromatic N) is 4. The maximum Gasteiger partial charge on any atom is 0.274 e. The molecule has 1 amide bonds. The summed E-state index contributed by atoms with van der Waals surface area (Å²) in [4.78, 5) is 33.6. The van der Waals surface area contributed by atoms with E-state index in [4.69, 9.17) is 4.74 Å². The Labute approximate surface area is 153 Å². The van der Waals surface area contributed by atoms with Gasteiger partial charge in [-0.3, -0.25) is 9.59 Å². The Bertz CT molecular complexity index is 1160. The lowest BCUT2D eigenvalue weighted by atomic mass is 10.3. The van der Waals surface area contributed by atoms with E-state index in [-0.39, 0.29) is 11.3 Å². The average Bonchev–Trinajstić information content (AvgIpc) is 3.10. The number of benzene rings is 1. The lowest BCUT2D eigenvalue weighted by molar-refractivity contribution is 0.101. The summed E-state index contributed by atoms with van der Waals surface area (Å²) < 4.78 is 7.91. The fourth-order valence-corrected chi connectivity index (χ4v) is 2.76. The lowest BCUT2D eigenvalue weighted by Gasteiger charge is -2.11. The number of carbonyl (C=O) groups is 1. The fourth-order valence-electron chi connectivity index (χ4n) is 2.76. The zero-order chi connectivity index (χ0) is 18.8. The van der Waals surface area contributed by atoms with Crippen LogP contribution < -0.4 is 15.6 Å². The quantitative estimate of drug-likeness (QED) is 0.601. The van der Waals surface area contributed by atoms with E-state index in [0.717, 1.165) is 0 Å². The minimum absolute atomic E-state index is 0.271. The van der Waals surface area contributed by atoms with Gasteiger partial charge in [-0.05, 0) is 18.2 Å². The van der Waals surface area contributed by atoms with Crippen LogP contribution in [0.3, 0.4) is 0 Å². The number of nitrogens with one attached hydrogen (secondary N) is 1. The summed E-state index contributed by atoms with van der Waals surface area (Å²) in [6.45, 7) is 0. The van der Waals surface area contributed by atoms with Crippen molar-refractivity contribution in [3.8, 4) is 11.6 Å². The van der Waals surface area contributed by atoms with Crippen LogP contribution in [0.25, 0.3) is 11.3 Å². The Balaban J connectivity index is 1.82. The molecule has 0 aliphatic rings. The molecule has 1 N–H and O–H groups in total. The Morgan fingerprint density at radius 1 is 1.07 bits per heavy atom. The van der Waals surface area contributed by atoms with Crippen LogP contribution in [0.4, 0.5) is 5.69 Å². The van der Waals surface area contributed by atoms with Crippen molar-refractivity contribution >= 4 is 17.2 Å². The molecule has 0 saturated carbocycles. The van der Waals surface area contributed by atoms with Crippen LogP contribution in [-0.2, 0) is 0 Å². The number of ether oxygens (including phenoxy) is 1. The lowest BCUT2D eigenvalue weighted by Crippen LogP contribution is -2.23. The molecule has 27 heavy (non-hydrogen) atoms. The summed E-state index contributed by atoms with van der Waals surface area (Å²) >= 11 is 0. The third-order valence-electron chi connectivity index (χ3n) is 3.98. The number of anilines is 1. The maximum atomic E-state index is 12.9. The normalized spacial score (nSPS) is 10.7. The third-order valence-corrected chi connectivity index (χ3v) is 3.98. The first-order valence-electron chi connectivity index (χ1n) is 8.14. The summed E-state index contributed by atoms with van der Waals surface area (Å²) in [5.74, 6) is 0.0536. The first-order chi connectivity index (χ1) is 13.2. The van der Waals surface area contributed by atoms with Crippen molar-refractivity contribution in [1.82, 2.24) is 19.2 Å². The first kappa shape index (κ1) is 16.5. The molecule has 0 atom stereocenters. The van der Waals surface area contributed by atoms with Crippen molar-refractivity contribution in [3.63, 3.8) is 0 Å². The molecule has 0 aliphatic carbocycles. The van der Waals surface area contributed by atoms with Crippen LogP contribution >= 0.6 is 0 Å². The molecule has 0 aliphatic heterocycles. The van der Waals surface area contributed by atoms with Gasteiger partial charge in [-0.25, -0.2) is 14.6 Å². The summed E-state index contributed by atoms with van der Waals surface area (Å²) in [5.41, 5.74) is 1.54. The highest BCUT2D eigenvalue weighted by atomic mass is 16.5. The highest BCUT2D eigenvalue weighted by molar-refractivity contribution is 6.04. The molecule has 8 heteroatoms. The van der Waals surface area contributed by atoms with E-state index in [1.165, 1.54) is 34.8 Å². The number of para-hydroxylation sites is 1. The van der Waals surface area contributed by atoms with Gasteiger partial charge in [-0.15, -0.1) is 0 Å². The Kier molecular flexibility index (Phi) is 4.13. The van der Waals surface area contributed by atoms with Gasteiger partial charge in [0.05, 0.1) is 24.7 Å². The van der Waals surface area contributed by atoms with Crippen LogP contribution in [0.2, 0.25) is 0 Å². The van der Waals surface area contributed by atoms with Gasteiger partial charge in [-0.1, -0.05) is 18.2 Å². The number of aromatic nitrogens is 4. The summed E-state index contributed by atoms with van der Waals surface area (Å²) in [6.07, 6.45) is 2.92. The van der Waals surface area contributed by atoms with Gasteiger partial charge in [-0.2, -0.15) is 4.52 Å². The largest absolute Gasteiger partial charge is 0.481 e. The van der Waals surface area contributed by atoms with E-state index < -0.39 is 5.91 Å². The van der Waals surface area contributed by atoms with Gasteiger partial charge >= 0.3 is 0 Å². The predicted molar refractivity (Wildman–Crippen MR) is 99.5 cm³/mol. The smallest absolute Gasteiger partial charge is 0.274 e. The molecule has 0 bridgehead atoms. The maximum absolute atomic E-state index is 12.9. The predicted octanol–water partition coefficient (Wildman–Crippen LogP) is 2.14. The number of hydrogen-bond acceptors (Lipinski definition) is 5. The molecule has 0 radical (unpaired) electrons. The van der Waals surface area contributed by atoms with Crippen LogP contribution in [0.1, 0.15) is 10.5 Å². The van der Waals surface area contributed by atoms with Gasteiger partial charge < -0.3 is 10.1 Å². The molecular weight excluding hydrogens is 346 g/mol. The zero-order valence-corrected chi connectivity index (χ0v) is 14.4. The van der Waals surface area contributed by atoms with Crippen LogP contribution in [0.5, 0.6) is 5.88 Å². The Hall–Kier alpha value is -3.94. The van der Waals surface area contributed by atoms with Gasteiger partial charge in [0.1, 0.15) is 5.69 Å². The van der Waals surface area contributed by atoms with E-state index in [9.17, 15) is 9.59 Å². The molecule has 0 fully saturated rings. The molecule has 4 rings (SSSR count). The number of rotatable bonds is 4. The first-order valence-corrected chi connectivity index (χ1v) is 8.14. The second kappa shape index (κ2) is 6.75. The zero-order valence-electron chi connectivity index (χ0n) is 14.4. The van der Waals surface area contributed by atoms with Gasteiger partial charge in [0.2, 0.25) is 5.88 Å². The second-order valence-electron chi connectivity index (χ2n) is 5.67. The highest BCUT2D eigenvalue weighted by Crippen LogP contribution is 2.17. The summed E-state index contributed by atoms with van der Waals surface area (Å²) in [7, 11) is 1.52. The van der Waals surface area contributed by atoms with Crippen LogP contribution in [0.15, 0.2) is 71.8 Å². The van der Waals surface area contributed by atoms with Gasteiger partial charge in [0.15, 0.2) is 5.65 Å². The van der Waals surface area contributed by atoms with Crippen molar-refractivity contribution in [1.29, 1.82) is 0 Å². The summed E-state index contributed by atoms with van der Waals surface area (Å²) in [6, 6.07) is 15.4. The number of pyridine rings is 1. The average molecular weight is 361 g/mol. The number of amides is 1. The summed E-state index contributed by atoms with van der Waals surface area (Å²) in [5, 5.41) is 2.78. The minimum atomic E-state index is -0.393. The van der Waals surface area contributed by atoms with E-state index in [1.807, 2.05) is 30.3 Å². The Morgan fingerprint density at radius 2 is 1.89 bits per heavy atom. The van der Waals surface area contributed by atoms with E-state index >= 15 is 0 Å². The molecular formula is C19H15N5O3. The molecule has 0 unspecified atom stereocenters. The van der Waals surface area contributed by atoms with E-state index in [2.05, 4.69) is 15.3 Å². The molecule has 8 nitrogen and oxygen atoms in total. The van der Waals surface area contributed by atoms with Crippen molar-refractivity contribution in [2.24, 2.45) is 0 Å². The Morgan fingerprint density at radius 3 is 2.59 bits per heavy atom. The molecule has 4 aromatic rings. The molecule has 3 heterocycles. The SMILES string of the molecule is COc1ccc(NC(=O)c2cc3nccc(=O)n3n2-c2ccccc2)cn1. The highest BCUT2D eigenvalue weighted by Gasteiger charge is 2.19. The van der Waals surface area contributed by atoms with Gasteiger partial charge in [0, 0.05) is 24.4 Å². The fraction of sp³-hybridized carbons (Fsp3) is 0.0526. The van der Waals surface area contributed by atoms with Gasteiger partial charge in [0.25, 0.3) is 11.5 Å². The molecule has 1 aromatic carbocycles. The van der Waals surface area contributed by atoms with Crippen LogP contribution in [0, 0.1) is 0 Å². The van der Waals surface area contributed by atoms with Crippen molar-refractivity contribution in [2.45, 2.75) is 0 Å². The third kappa shape index (κ3) is 3.04. The second-order valence-corrected chi connectivity index (χ2v) is 5.67. The number of methoxy groups -OCH3 is 1. The molecule has 0 saturated heterocycles.